The third kappa shape index (κ3) is 6.85. The molecule has 6 heteroatoms. The molecule has 0 fully saturated rings. The highest BCUT2D eigenvalue weighted by atomic mass is 32.7. The highest BCUT2D eigenvalue weighted by Crippen LogP contribution is 2.58. The van der Waals surface area contributed by atoms with Crippen molar-refractivity contribution in [2.45, 2.75) is 70.5 Å². The lowest BCUT2D eigenvalue weighted by Gasteiger charge is -2.49. The molecule has 126 valence electrons. The van der Waals surface area contributed by atoms with Crippen LogP contribution in [0.15, 0.2) is 35.2 Å². The van der Waals surface area contributed by atoms with E-state index in [1.807, 2.05) is 11.4 Å². The molecule has 0 heterocycles. The zero-order valence-corrected chi connectivity index (χ0v) is 19.4. The van der Waals surface area contributed by atoms with Gasteiger partial charge in [0.25, 0.3) is 0 Å². The first kappa shape index (κ1) is 20.4. The second kappa shape index (κ2) is 7.50. The molecule has 1 atom stereocenters. The molecule has 0 spiro atoms. The molecular formula is C16H33N2PSSi2. The van der Waals surface area contributed by atoms with Gasteiger partial charge >= 0.3 is 0 Å². The minimum absolute atomic E-state index is 0.130. The van der Waals surface area contributed by atoms with E-state index in [1.54, 1.807) is 0 Å². The maximum absolute atomic E-state index is 3.94. The van der Waals surface area contributed by atoms with Gasteiger partial charge in [-0.25, -0.2) is 0 Å². The van der Waals surface area contributed by atoms with Crippen molar-refractivity contribution in [3.8, 4) is 0 Å². The maximum atomic E-state index is 3.94. The Hall–Kier alpha value is 0.354. The summed E-state index contributed by atoms with van der Waals surface area (Å²) in [6.45, 7) is 21.7. The van der Waals surface area contributed by atoms with Gasteiger partial charge in [-0.05, 0) is 32.9 Å². The molecule has 0 aliphatic carbocycles. The lowest BCUT2D eigenvalue weighted by Crippen LogP contribution is -2.57. The fourth-order valence-corrected chi connectivity index (χ4v) is 23.8. The van der Waals surface area contributed by atoms with E-state index >= 15 is 0 Å². The Balaban J connectivity index is 3.17. The highest BCUT2D eigenvalue weighted by Gasteiger charge is 2.41. The second-order valence-corrected chi connectivity index (χ2v) is 22.9. The van der Waals surface area contributed by atoms with E-state index in [-0.39, 0.29) is 5.54 Å². The van der Waals surface area contributed by atoms with Crippen LogP contribution in [0.2, 0.25) is 39.3 Å². The largest absolute Gasteiger partial charge is 0.304 e. The number of nitrogens with one attached hydrogen (secondary N) is 1. The Kier molecular flexibility index (Phi) is 6.95. The van der Waals surface area contributed by atoms with Crippen molar-refractivity contribution in [2.75, 3.05) is 0 Å². The molecule has 1 unspecified atom stereocenters. The lowest BCUT2D eigenvalue weighted by atomic mass is 10.1. The number of nitrogens with zero attached hydrogens (tertiary/aromatic N) is 1. The Morgan fingerprint density at radius 2 is 1.36 bits per heavy atom. The molecule has 0 aliphatic heterocycles. The lowest BCUT2D eigenvalue weighted by molar-refractivity contribution is 0.526. The van der Waals surface area contributed by atoms with E-state index in [4.69, 9.17) is 0 Å². The Labute approximate surface area is 145 Å². The van der Waals surface area contributed by atoms with Gasteiger partial charge in [-0.3, -0.25) is 5.09 Å². The average Bonchev–Trinajstić information content (AvgIpc) is 2.23. The standard InChI is InChI=1S/C16H33N2PSSi2/c1-16(2,3)17-19(20-15-13-11-10-12-14-15)18(21(4,5)6)22(7,8)9/h10-14,17H,1-9H3. The Bertz CT molecular complexity index is 450. The predicted molar refractivity (Wildman–Crippen MR) is 111 cm³/mol. The van der Waals surface area contributed by atoms with E-state index in [0.29, 0.717) is 0 Å². The fraction of sp³-hybridized carbons (Fsp3) is 0.625. The van der Waals surface area contributed by atoms with Gasteiger partial charge in [0.2, 0.25) is 0 Å². The molecule has 0 saturated carbocycles. The first-order valence-corrected chi connectivity index (χ1v) is 17.5. The van der Waals surface area contributed by atoms with Crippen molar-refractivity contribution < 1.29 is 0 Å². The number of benzene rings is 1. The molecule has 0 radical (unpaired) electrons. The van der Waals surface area contributed by atoms with Crippen LogP contribution in [0.3, 0.4) is 0 Å². The minimum atomic E-state index is -1.40. The zero-order chi connectivity index (χ0) is 17.2. The van der Waals surface area contributed by atoms with Gasteiger partial charge in [0.05, 0.1) is 7.42 Å². The third-order valence-electron chi connectivity index (χ3n) is 2.82. The van der Waals surface area contributed by atoms with E-state index in [1.165, 1.54) is 4.90 Å². The summed E-state index contributed by atoms with van der Waals surface area (Å²) >= 11 is 2.03. The summed E-state index contributed by atoms with van der Waals surface area (Å²) in [6, 6.07) is 10.8. The molecule has 0 aliphatic rings. The molecular weight excluding hydrogens is 339 g/mol. The molecule has 2 nitrogen and oxygen atoms in total. The van der Waals surface area contributed by atoms with Crippen LogP contribution in [0, 0.1) is 0 Å². The molecule has 0 saturated heterocycles. The summed E-state index contributed by atoms with van der Waals surface area (Å²) in [5, 5.41) is 3.94. The van der Waals surface area contributed by atoms with Gasteiger partial charge in [-0.15, -0.1) is 0 Å². The van der Waals surface area contributed by atoms with E-state index in [9.17, 15) is 0 Å². The predicted octanol–water partition coefficient (Wildman–Crippen LogP) is 6.37. The minimum Gasteiger partial charge on any atom is -0.304 e. The monoisotopic (exact) mass is 372 g/mol. The van der Waals surface area contributed by atoms with Gasteiger partial charge in [-0.2, -0.15) is 0 Å². The van der Waals surface area contributed by atoms with Crippen molar-refractivity contribution in [1.29, 1.82) is 0 Å². The van der Waals surface area contributed by atoms with Gasteiger partial charge in [0.1, 0.15) is 16.5 Å². The average molecular weight is 373 g/mol. The van der Waals surface area contributed by atoms with Gasteiger partial charge < -0.3 is 4.00 Å². The van der Waals surface area contributed by atoms with Gasteiger partial charge in [0.15, 0.2) is 0 Å². The van der Waals surface area contributed by atoms with Crippen molar-refractivity contribution >= 4 is 35.3 Å². The molecule has 22 heavy (non-hydrogen) atoms. The number of hydrogen-bond acceptors (Lipinski definition) is 3. The van der Waals surface area contributed by atoms with E-state index in [2.05, 4.69) is 99.5 Å². The molecule has 1 aromatic carbocycles. The Morgan fingerprint density at radius 1 is 0.909 bits per heavy atom. The van der Waals surface area contributed by atoms with Crippen LogP contribution in [0.4, 0.5) is 0 Å². The fourth-order valence-electron chi connectivity index (χ4n) is 2.53. The molecule has 1 N–H and O–H groups in total. The van der Waals surface area contributed by atoms with E-state index in [0.717, 1.165) is 0 Å². The third-order valence-corrected chi connectivity index (χ3v) is 18.9. The summed E-state index contributed by atoms with van der Waals surface area (Å²) < 4.78 is 2.91. The molecule has 0 bridgehead atoms. The van der Waals surface area contributed by atoms with Crippen LogP contribution in [-0.2, 0) is 0 Å². The van der Waals surface area contributed by atoms with Crippen molar-refractivity contribution in [3.63, 3.8) is 0 Å². The summed E-state index contributed by atoms with van der Waals surface area (Å²) in [5.41, 5.74) is 0.130. The summed E-state index contributed by atoms with van der Waals surface area (Å²) in [5.74, 6) is 0. The second-order valence-electron chi connectivity index (χ2n) is 8.69. The van der Waals surface area contributed by atoms with Crippen LogP contribution in [0.5, 0.6) is 0 Å². The highest BCUT2D eigenvalue weighted by molar-refractivity contribution is 8.55. The van der Waals surface area contributed by atoms with Crippen molar-refractivity contribution in [2.24, 2.45) is 0 Å². The van der Waals surface area contributed by atoms with E-state index < -0.39 is 23.9 Å². The summed E-state index contributed by atoms with van der Waals surface area (Å²) in [4.78, 5) is 1.37. The summed E-state index contributed by atoms with van der Waals surface area (Å²) in [6.07, 6.45) is 0. The van der Waals surface area contributed by atoms with Crippen LogP contribution in [0.25, 0.3) is 0 Å². The quantitative estimate of drug-likeness (QED) is 0.461. The van der Waals surface area contributed by atoms with Crippen LogP contribution in [-0.4, -0.2) is 26.0 Å². The molecule has 0 amide bonds. The van der Waals surface area contributed by atoms with Crippen LogP contribution < -0.4 is 5.09 Å². The SMILES string of the molecule is CC(C)(C)NP(Sc1ccccc1)N([Si](C)(C)C)[Si](C)(C)C. The van der Waals surface area contributed by atoms with Crippen molar-refractivity contribution in [3.05, 3.63) is 30.3 Å². The first-order chi connectivity index (χ1) is 9.81. The molecule has 1 rings (SSSR count). The first-order valence-electron chi connectivity index (χ1n) is 7.92. The molecule has 1 aromatic rings. The van der Waals surface area contributed by atoms with Crippen LogP contribution in [0.1, 0.15) is 20.8 Å². The molecule has 0 aromatic heterocycles. The summed E-state index contributed by atoms with van der Waals surface area (Å²) in [7, 11) is -3.24. The van der Waals surface area contributed by atoms with Gasteiger partial charge in [-0.1, -0.05) is 68.9 Å². The van der Waals surface area contributed by atoms with Crippen LogP contribution >= 0.6 is 18.8 Å². The number of rotatable bonds is 6. The Morgan fingerprint density at radius 3 is 1.73 bits per heavy atom. The smallest absolute Gasteiger partial charge is 0.118 e. The number of hydrogen-bond donors (Lipinski definition) is 1. The normalized spacial score (nSPS) is 15.2. The maximum Gasteiger partial charge on any atom is 0.118 e. The van der Waals surface area contributed by atoms with Crippen molar-refractivity contribution in [1.82, 2.24) is 9.09 Å². The van der Waals surface area contributed by atoms with Gasteiger partial charge in [0, 0.05) is 10.4 Å². The zero-order valence-electron chi connectivity index (χ0n) is 15.7. The topological polar surface area (TPSA) is 15.3 Å².